The summed E-state index contributed by atoms with van der Waals surface area (Å²) in [5.41, 5.74) is 1.49. The molecule has 0 fully saturated rings. The monoisotopic (exact) mass is 276 g/mol. The number of pyridine rings is 1. The molecular weight excluding hydrogens is 256 g/mol. The van der Waals surface area contributed by atoms with Gasteiger partial charge in [-0.3, -0.25) is 13.9 Å². The Labute approximate surface area is 117 Å². The van der Waals surface area contributed by atoms with Crippen LogP contribution in [-0.4, -0.2) is 20.2 Å². The standard InChI is InChI=1S/C14H20N4O2/c1-6-9-7-15-12-10(11(9)16-8(2)3)13(19)18(5)14(20)17(12)4/h7-8H,6H2,1-5H3,(H,15,16). The maximum Gasteiger partial charge on any atom is 0.332 e. The average Bonchev–Trinajstić information content (AvgIpc) is 2.41. The van der Waals surface area contributed by atoms with E-state index in [4.69, 9.17) is 0 Å². The van der Waals surface area contributed by atoms with Gasteiger partial charge in [0.15, 0.2) is 5.65 Å². The Kier molecular flexibility index (Phi) is 3.65. The summed E-state index contributed by atoms with van der Waals surface area (Å²) >= 11 is 0. The molecule has 1 N–H and O–H groups in total. The van der Waals surface area contributed by atoms with Crippen molar-refractivity contribution in [1.82, 2.24) is 14.1 Å². The van der Waals surface area contributed by atoms with Crippen molar-refractivity contribution in [3.8, 4) is 0 Å². The molecule has 2 rings (SSSR count). The molecule has 20 heavy (non-hydrogen) atoms. The predicted octanol–water partition coefficient (Wildman–Crippen LogP) is 1.01. The summed E-state index contributed by atoms with van der Waals surface area (Å²) in [6, 6.07) is 0.188. The van der Waals surface area contributed by atoms with E-state index in [0.29, 0.717) is 11.0 Å². The van der Waals surface area contributed by atoms with Crippen molar-refractivity contribution >= 4 is 16.7 Å². The molecular formula is C14H20N4O2. The van der Waals surface area contributed by atoms with E-state index in [1.807, 2.05) is 20.8 Å². The second-order valence-corrected chi connectivity index (χ2v) is 5.22. The Morgan fingerprint density at radius 3 is 2.45 bits per heavy atom. The van der Waals surface area contributed by atoms with E-state index in [9.17, 15) is 9.59 Å². The molecule has 2 aromatic rings. The number of anilines is 1. The normalized spacial score (nSPS) is 11.3. The number of nitrogens with zero attached hydrogens (tertiary/aromatic N) is 3. The summed E-state index contributed by atoms with van der Waals surface area (Å²) in [4.78, 5) is 28.7. The first-order valence-electron chi connectivity index (χ1n) is 6.72. The fourth-order valence-corrected chi connectivity index (χ4v) is 2.29. The SMILES string of the molecule is CCc1cnc2c(c1NC(C)C)c(=O)n(C)c(=O)n2C. The van der Waals surface area contributed by atoms with Crippen LogP contribution < -0.4 is 16.6 Å². The highest BCUT2D eigenvalue weighted by Crippen LogP contribution is 2.23. The highest BCUT2D eigenvalue weighted by atomic mass is 16.2. The zero-order chi connectivity index (χ0) is 15.0. The number of aryl methyl sites for hydroxylation is 2. The third kappa shape index (κ3) is 2.11. The molecule has 0 unspecified atom stereocenters. The minimum absolute atomic E-state index is 0.188. The van der Waals surface area contributed by atoms with Crippen molar-refractivity contribution < 1.29 is 0 Å². The van der Waals surface area contributed by atoms with Crippen LogP contribution in [0.5, 0.6) is 0 Å². The van der Waals surface area contributed by atoms with Gasteiger partial charge < -0.3 is 5.32 Å². The topological polar surface area (TPSA) is 68.9 Å². The first kappa shape index (κ1) is 14.3. The molecule has 0 amide bonds. The Hall–Kier alpha value is -2.11. The Bertz CT molecular complexity index is 771. The van der Waals surface area contributed by atoms with Crippen LogP contribution >= 0.6 is 0 Å². The lowest BCUT2D eigenvalue weighted by Crippen LogP contribution is -2.38. The van der Waals surface area contributed by atoms with Crippen LogP contribution in [0.2, 0.25) is 0 Å². The molecule has 0 saturated heterocycles. The fourth-order valence-electron chi connectivity index (χ4n) is 2.29. The van der Waals surface area contributed by atoms with Gasteiger partial charge in [-0.15, -0.1) is 0 Å². The molecule has 2 aromatic heterocycles. The molecule has 0 aromatic carbocycles. The van der Waals surface area contributed by atoms with E-state index in [0.717, 1.165) is 22.2 Å². The third-order valence-electron chi connectivity index (χ3n) is 3.36. The number of rotatable bonds is 3. The van der Waals surface area contributed by atoms with Crippen molar-refractivity contribution in [2.45, 2.75) is 33.2 Å². The van der Waals surface area contributed by atoms with Gasteiger partial charge in [0.2, 0.25) is 0 Å². The van der Waals surface area contributed by atoms with Crippen LogP contribution in [0, 0.1) is 0 Å². The molecule has 0 aliphatic carbocycles. The van der Waals surface area contributed by atoms with Crippen LogP contribution in [-0.2, 0) is 20.5 Å². The predicted molar refractivity (Wildman–Crippen MR) is 80.4 cm³/mol. The maximum absolute atomic E-state index is 12.4. The molecule has 0 aliphatic rings. The number of nitrogens with one attached hydrogen (secondary N) is 1. The largest absolute Gasteiger partial charge is 0.382 e. The Morgan fingerprint density at radius 2 is 1.90 bits per heavy atom. The van der Waals surface area contributed by atoms with Gasteiger partial charge >= 0.3 is 5.69 Å². The molecule has 0 radical (unpaired) electrons. The van der Waals surface area contributed by atoms with Crippen molar-refractivity contribution in [2.75, 3.05) is 5.32 Å². The van der Waals surface area contributed by atoms with E-state index in [2.05, 4.69) is 10.3 Å². The van der Waals surface area contributed by atoms with Crippen LogP contribution in [0.4, 0.5) is 5.69 Å². The number of aromatic nitrogens is 3. The second kappa shape index (κ2) is 5.11. The quantitative estimate of drug-likeness (QED) is 0.908. The zero-order valence-electron chi connectivity index (χ0n) is 12.5. The Morgan fingerprint density at radius 1 is 1.25 bits per heavy atom. The van der Waals surface area contributed by atoms with E-state index < -0.39 is 0 Å². The molecule has 2 heterocycles. The van der Waals surface area contributed by atoms with Gasteiger partial charge in [0, 0.05) is 26.3 Å². The van der Waals surface area contributed by atoms with E-state index in [1.54, 1.807) is 13.2 Å². The summed E-state index contributed by atoms with van der Waals surface area (Å²) in [5.74, 6) is 0. The summed E-state index contributed by atoms with van der Waals surface area (Å²) in [5, 5.41) is 3.79. The van der Waals surface area contributed by atoms with Crippen LogP contribution in [0.25, 0.3) is 11.0 Å². The van der Waals surface area contributed by atoms with Crippen LogP contribution in [0.15, 0.2) is 15.8 Å². The average molecular weight is 276 g/mol. The smallest absolute Gasteiger partial charge is 0.332 e. The minimum atomic E-state index is -0.366. The molecule has 6 heteroatoms. The first-order valence-corrected chi connectivity index (χ1v) is 6.72. The summed E-state index contributed by atoms with van der Waals surface area (Å²) in [6.07, 6.45) is 2.50. The number of hydrogen-bond donors (Lipinski definition) is 1. The second-order valence-electron chi connectivity index (χ2n) is 5.22. The lowest BCUT2D eigenvalue weighted by atomic mass is 10.1. The number of hydrogen-bond acceptors (Lipinski definition) is 4. The summed E-state index contributed by atoms with van der Waals surface area (Å²) < 4.78 is 2.52. The zero-order valence-corrected chi connectivity index (χ0v) is 12.5. The lowest BCUT2D eigenvalue weighted by Gasteiger charge is -2.17. The summed E-state index contributed by atoms with van der Waals surface area (Å²) in [7, 11) is 3.11. The third-order valence-corrected chi connectivity index (χ3v) is 3.36. The minimum Gasteiger partial charge on any atom is -0.382 e. The van der Waals surface area contributed by atoms with Gasteiger partial charge in [0.05, 0.1) is 5.69 Å². The van der Waals surface area contributed by atoms with Crippen LogP contribution in [0.1, 0.15) is 26.3 Å². The van der Waals surface area contributed by atoms with E-state index in [1.165, 1.54) is 11.6 Å². The van der Waals surface area contributed by atoms with Crippen molar-refractivity contribution in [3.63, 3.8) is 0 Å². The molecule has 0 atom stereocenters. The van der Waals surface area contributed by atoms with Gasteiger partial charge in [-0.05, 0) is 25.8 Å². The molecule has 0 bridgehead atoms. The van der Waals surface area contributed by atoms with Gasteiger partial charge in [-0.2, -0.15) is 0 Å². The van der Waals surface area contributed by atoms with Gasteiger partial charge in [-0.1, -0.05) is 6.92 Å². The Balaban J connectivity index is 3.00. The van der Waals surface area contributed by atoms with Crippen molar-refractivity contribution in [1.29, 1.82) is 0 Å². The van der Waals surface area contributed by atoms with Crippen molar-refractivity contribution in [2.24, 2.45) is 14.1 Å². The van der Waals surface area contributed by atoms with Gasteiger partial charge in [-0.25, -0.2) is 9.78 Å². The molecule has 108 valence electrons. The molecule has 0 spiro atoms. The summed E-state index contributed by atoms with van der Waals surface area (Å²) in [6.45, 7) is 6.04. The molecule has 0 saturated carbocycles. The lowest BCUT2D eigenvalue weighted by molar-refractivity contribution is 0.707. The first-order chi connectivity index (χ1) is 9.38. The van der Waals surface area contributed by atoms with Gasteiger partial charge in [0.25, 0.3) is 5.56 Å². The van der Waals surface area contributed by atoms with E-state index in [-0.39, 0.29) is 17.3 Å². The fraction of sp³-hybridized carbons (Fsp3) is 0.500. The number of fused-ring (bicyclic) bond motifs is 1. The molecule has 6 nitrogen and oxygen atoms in total. The maximum atomic E-state index is 12.4. The van der Waals surface area contributed by atoms with E-state index >= 15 is 0 Å². The highest BCUT2D eigenvalue weighted by Gasteiger charge is 2.16. The van der Waals surface area contributed by atoms with Crippen molar-refractivity contribution in [3.05, 3.63) is 32.6 Å². The highest BCUT2D eigenvalue weighted by molar-refractivity contribution is 5.90. The molecule has 0 aliphatic heterocycles. The van der Waals surface area contributed by atoms with Gasteiger partial charge in [0.1, 0.15) is 5.39 Å². The van der Waals surface area contributed by atoms with Crippen LogP contribution in [0.3, 0.4) is 0 Å².